The van der Waals surface area contributed by atoms with E-state index in [-0.39, 0.29) is 36.4 Å². The third-order valence-corrected chi connectivity index (χ3v) is 8.70. The van der Waals surface area contributed by atoms with E-state index in [1.165, 1.54) is 12.1 Å². The first-order valence-corrected chi connectivity index (χ1v) is 13.9. The van der Waals surface area contributed by atoms with E-state index in [0.717, 1.165) is 12.8 Å². The maximum atomic E-state index is 13.5. The first-order valence-electron chi connectivity index (χ1n) is 12.1. The highest BCUT2D eigenvalue weighted by Gasteiger charge is 2.52. The molecular weight excluding hydrogens is 543 g/mol. The highest BCUT2D eigenvalue weighted by Crippen LogP contribution is 2.54. The van der Waals surface area contributed by atoms with Gasteiger partial charge in [0.15, 0.2) is 0 Å². The van der Waals surface area contributed by atoms with Crippen LogP contribution in [-0.4, -0.2) is 46.4 Å². The van der Waals surface area contributed by atoms with Crippen LogP contribution in [0.2, 0.25) is 5.02 Å². The van der Waals surface area contributed by atoms with E-state index in [4.69, 9.17) is 15.8 Å². The van der Waals surface area contributed by atoms with Crippen molar-refractivity contribution in [1.82, 2.24) is 14.5 Å². The van der Waals surface area contributed by atoms with Crippen molar-refractivity contribution in [3.8, 4) is 17.1 Å². The van der Waals surface area contributed by atoms with Gasteiger partial charge in [-0.3, -0.25) is 4.79 Å². The molecule has 5 rings (SSSR count). The second-order valence-corrected chi connectivity index (χ2v) is 11.7. The summed E-state index contributed by atoms with van der Waals surface area (Å²) in [6, 6.07) is 11.1. The fourth-order valence-corrected chi connectivity index (χ4v) is 6.41. The van der Waals surface area contributed by atoms with Gasteiger partial charge in [0.2, 0.25) is 5.91 Å². The number of likely N-dealkylation sites (tertiary alicyclic amines) is 1. The predicted octanol–water partition coefficient (Wildman–Crippen LogP) is 5.72. The average Bonchev–Trinajstić information content (AvgIpc) is 3.52. The van der Waals surface area contributed by atoms with Crippen molar-refractivity contribution in [3.63, 3.8) is 0 Å². The van der Waals surface area contributed by atoms with Crippen LogP contribution >= 0.6 is 11.6 Å². The Kier molecular flexibility index (Phi) is 6.50. The number of nitrogens with zero attached hydrogens (tertiary/aromatic N) is 3. The molecule has 2 aliphatic rings. The second-order valence-electron chi connectivity index (χ2n) is 9.73. The molecule has 3 heterocycles. The van der Waals surface area contributed by atoms with Crippen LogP contribution in [0.3, 0.4) is 0 Å². The van der Waals surface area contributed by atoms with Crippen LogP contribution in [0.5, 0.6) is 5.75 Å². The third kappa shape index (κ3) is 4.16. The molecule has 3 atom stereocenters. The summed E-state index contributed by atoms with van der Waals surface area (Å²) in [5.41, 5.74) is -5.71. The van der Waals surface area contributed by atoms with Crippen molar-refractivity contribution in [2.45, 2.75) is 62.7 Å². The molecule has 3 aromatic rings. The lowest BCUT2D eigenvalue weighted by Gasteiger charge is -2.35. The van der Waals surface area contributed by atoms with Crippen LogP contribution in [-0.2, 0) is 20.5 Å². The Hall–Kier alpha value is -3.05. The molecule has 1 aromatic heterocycles. The van der Waals surface area contributed by atoms with E-state index in [0.29, 0.717) is 22.0 Å². The number of amides is 1. The molecule has 3 unspecified atom stereocenters. The zero-order chi connectivity index (χ0) is 27.5. The minimum Gasteiger partial charge on any atom is -0.376 e. The summed E-state index contributed by atoms with van der Waals surface area (Å²) in [6.07, 6.45) is 5.15. The molecule has 2 aliphatic heterocycles. The molecule has 202 valence electrons. The van der Waals surface area contributed by atoms with Gasteiger partial charge in [-0.05, 0) is 56.9 Å². The summed E-state index contributed by atoms with van der Waals surface area (Å²) >= 11 is 6.15. The van der Waals surface area contributed by atoms with Gasteiger partial charge in [0.1, 0.15) is 17.1 Å². The monoisotopic (exact) mass is 567 g/mol. The molecule has 0 radical (unpaired) electrons. The number of carbonyl (C=O) groups excluding carboxylic acids is 1. The molecule has 0 saturated carbocycles. The van der Waals surface area contributed by atoms with E-state index < -0.39 is 26.9 Å². The van der Waals surface area contributed by atoms with Gasteiger partial charge in [-0.2, -0.15) is 21.6 Å². The molecular formula is C26H25ClF3N3O4S. The maximum Gasteiger partial charge on any atom is 0.534 e. The molecule has 0 N–H and O–H groups in total. The SMILES string of the molecule is CC1CCC(C)N1C(=O)CCC1(c2ccc(Cl)cc2)c2c(OS(=O)(=O)C(F)(F)F)cccc2-c2nccn21. The zero-order valence-electron chi connectivity index (χ0n) is 20.6. The quantitative estimate of drug-likeness (QED) is 0.281. The third-order valence-electron chi connectivity index (χ3n) is 7.48. The van der Waals surface area contributed by atoms with Gasteiger partial charge in [0, 0.05) is 47.0 Å². The number of fused-ring (bicyclic) bond motifs is 3. The standard InChI is InChI=1S/C26H25ClF3N3O4S/c1-16-6-7-17(2)33(16)22(34)12-13-25(18-8-10-19(27)11-9-18)23-20(24-31-14-15-32(24)25)4-3-5-21(23)37-38(35,36)26(28,29)30/h3-5,8-11,14-17H,6-7,12-13H2,1-2H3. The van der Waals surface area contributed by atoms with E-state index in [1.54, 1.807) is 47.3 Å². The van der Waals surface area contributed by atoms with Crippen molar-refractivity contribution in [1.29, 1.82) is 0 Å². The summed E-state index contributed by atoms with van der Waals surface area (Å²) in [6.45, 7) is 3.98. The van der Waals surface area contributed by atoms with Crippen LogP contribution in [0.25, 0.3) is 11.4 Å². The second kappa shape index (κ2) is 9.30. The number of aromatic nitrogens is 2. The lowest BCUT2D eigenvalue weighted by atomic mass is 9.78. The Labute approximate surface area is 223 Å². The summed E-state index contributed by atoms with van der Waals surface area (Å²) in [5.74, 6) is -0.150. The van der Waals surface area contributed by atoms with E-state index >= 15 is 0 Å². The lowest BCUT2D eigenvalue weighted by molar-refractivity contribution is -0.133. The predicted molar refractivity (Wildman–Crippen MR) is 135 cm³/mol. The minimum absolute atomic E-state index is 0.0503. The number of rotatable bonds is 6. The van der Waals surface area contributed by atoms with Crippen molar-refractivity contribution in [2.75, 3.05) is 0 Å². The van der Waals surface area contributed by atoms with Gasteiger partial charge >= 0.3 is 15.6 Å². The summed E-state index contributed by atoms with van der Waals surface area (Å²) < 4.78 is 70.7. The molecule has 1 amide bonds. The zero-order valence-corrected chi connectivity index (χ0v) is 22.1. The van der Waals surface area contributed by atoms with E-state index in [2.05, 4.69) is 4.98 Å². The highest BCUT2D eigenvalue weighted by molar-refractivity contribution is 7.88. The molecule has 38 heavy (non-hydrogen) atoms. The summed E-state index contributed by atoms with van der Waals surface area (Å²) in [5, 5.41) is 0.438. The van der Waals surface area contributed by atoms with Gasteiger partial charge in [-0.15, -0.1) is 0 Å². The average molecular weight is 568 g/mol. The Morgan fingerprint density at radius 1 is 1.13 bits per heavy atom. The van der Waals surface area contributed by atoms with Crippen molar-refractivity contribution in [2.24, 2.45) is 0 Å². The Morgan fingerprint density at radius 2 is 1.79 bits per heavy atom. The maximum absolute atomic E-state index is 13.5. The first kappa shape index (κ1) is 26.6. The molecule has 2 aromatic carbocycles. The summed E-state index contributed by atoms with van der Waals surface area (Å²) in [7, 11) is -5.97. The van der Waals surface area contributed by atoms with Crippen molar-refractivity contribution in [3.05, 3.63) is 71.0 Å². The first-order chi connectivity index (χ1) is 17.9. The smallest absolute Gasteiger partial charge is 0.376 e. The van der Waals surface area contributed by atoms with Crippen molar-refractivity contribution >= 4 is 27.6 Å². The Bertz CT molecular complexity index is 1480. The van der Waals surface area contributed by atoms with E-state index in [1.807, 2.05) is 18.7 Å². The number of alkyl halides is 3. The largest absolute Gasteiger partial charge is 0.534 e. The van der Waals surface area contributed by atoms with Crippen LogP contribution in [0.4, 0.5) is 13.2 Å². The molecule has 0 aliphatic carbocycles. The Balaban J connectivity index is 1.69. The fourth-order valence-electron chi connectivity index (χ4n) is 5.81. The molecule has 1 saturated heterocycles. The van der Waals surface area contributed by atoms with Crippen LogP contribution in [0.1, 0.15) is 50.7 Å². The normalized spacial score (nSPS) is 22.8. The fraction of sp³-hybridized carbons (Fsp3) is 0.385. The number of benzene rings is 2. The van der Waals surface area contributed by atoms with Crippen LogP contribution in [0, 0.1) is 0 Å². The molecule has 12 heteroatoms. The topological polar surface area (TPSA) is 81.5 Å². The molecule has 0 spiro atoms. The van der Waals surface area contributed by atoms with Gasteiger partial charge in [-0.25, -0.2) is 4.98 Å². The molecule has 1 fully saturated rings. The minimum atomic E-state index is -5.97. The van der Waals surface area contributed by atoms with Crippen LogP contribution < -0.4 is 4.18 Å². The van der Waals surface area contributed by atoms with Gasteiger partial charge in [0.25, 0.3) is 0 Å². The highest BCUT2D eigenvalue weighted by atomic mass is 35.5. The van der Waals surface area contributed by atoms with E-state index in [9.17, 15) is 26.4 Å². The van der Waals surface area contributed by atoms with Gasteiger partial charge < -0.3 is 13.7 Å². The molecule has 7 nitrogen and oxygen atoms in total. The van der Waals surface area contributed by atoms with Gasteiger partial charge in [-0.1, -0.05) is 35.9 Å². The molecule has 0 bridgehead atoms. The van der Waals surface area contributed by atoms with Crippen molar-refractivity contribution < 1.29 is 30.6 Å². The van der Waals surface area contributed by atoms with Crippen LogP contribution in [0.15, 0.2) is 54.9 Å². The number of carbonyl (C=O) groups is 1. The Morgan fingerprint density at radius 3 is 2.42 bits per heavy atom. The number of hydrogen-bond donors (Lipinski definition) is 0. The number of hydrogen-bond acceptors (Lipinski definition) is 5. The number of imidazole rings is 1. The summed E-state index contributed by atoms with van der Waals surface area (Å²) in [4.78, 5) is 19.7. The lowest BCUT2D eigenvalue weighted by Crippen LogP contribution is -2.41. The number of halogens is 4. The van der Waals surface area contributed by atoms with Gasteiger partial charge in [0.05, 0.1) is 0 Å².